The van der Waals surface area contributed by atoms with E-state index in [4.69, 9.17) is 22.8 Å². The molecule has 1 aliphatic rings. The Bertz CT molecular complexity index is 486. The number of carboxylic acids is 1. The summed E-state index contributed by atoms with van der Waals surface area (Å²) in [6, 6.07) is -1.70. The summed E-state index contributed by atoms with van der Waals surface area (Å²) in [4.78, 5) is 22.6. The van der Waals surface area contributed by atoms with E-state index in [1.807, 2.05) is 0 Å². The Morgan fingerprint density at radius 3 is 2.45 bits per heavy atom. The van der Waals surface area contributed by atoms with E-state index >= 15 is 0 Å². The van der Waals surface area contributed by atoms with E-state index < -0.39 is 67.7 Å². The molecule has 1 fully saturated rings. The molecule has 11 heteroatoms. The molecule has 0 aliphatic carbocycles. The van der Waals surface area contributed by atoms with Gasteiger partial charge in [0.2, 0.25) is 5.91 Å². The number of carbonyl (C=O) groups excluding carboxylic acids is 1. The van der Waals surface area contributed by atoms with Crippen molar-refractivity contribution < 1.29 is 52.8 Å². The van der Waals surface area contributed by atoms with Gasteiger partial charge in [-0.3, -0.25) is 4.79 Å². The highest BCUT2D eigenvalue weighted by atomic mass is 16.7. The van der Waals surface area contributed by atoms with Crippen molar-refractivity contribution >= 4 is 11.9 Å². The normalized spacial score (nSPS) is 36.7. The van der Waals surface area contributed by atoms with Gasteiger partial charge in [-0.2, -0.15) is 0 Å². The summed E-state index contributed by atoms with van der Waals surface area (Å²) in [5, 5.41) is 67.7. The van der Waals surface area contributed by atoms with Gasteiger partial charge in [-0.1, -0.05) is 0 Å². The predicted octanol–water partition coefficient (Wildman–Crippen LogP) is -4.90. The number of aliphatic hydroxyl groups is 6. The molecule has 0 unspecified atom stereocenters. The molecule has 0 radical (unpaired) electrons. The maximum absolute atomic E-state index is 11.5. The van der Waals surface area contributed by atoms with Gasteiger partial charge in [-0.15, -0.1) is 0 Å². The summed E-state index contributed by atoms with van der Waals surface area (Å²) in [6.07, 6.45) is -8.70. The van der Waals surface area contributed by atoms with Crippen molar-refractivity contribution in [3.63, 3.8) is 0 Å². The predicted molar refractivity (Wildman–Crippen MR) is 66.2 cm³/mol. The first-order valence-electron chi connectivity index (χ1n) is 7.15. The van der Waals surface area contributed by atoms with Gasteiger partial charge in [0.15, 0.2) is 0 Å². The molecule has 1 heterocycles. The number of aliphatic carboxylic acids is 1. The summed E-state index contributed by atoms with van der Waals surface area (Å²) in [5.41, 5.74) is 0. The van der Waals surface area contributed by atoms with Crippen LogP contribution >= 0.6 is 0 Å². The summed E-state index contributed by atoms with van der Waals surface area (Å²) in [7, 11) is 0. The third kappa shape index (κ3) is 3.89. The minimum Gasteiger partial charge on any atom is -0.477 e. The SMILES string of the molecule is [2H]C([2H])(O)C(=O)N[C@H]1[C@H]([C@H](O)[C@H](O)CO)O[C@](O)(C(=O)O)C[C@@H]1O. The van der Waals surface area contributed by atoms with Crippen molar-refractivity contribution in [2.45, 2.75) is 42.7 Å². The fourth-order valence-corrected chi connectivity index (χ4v) is 2.08. The van der Waals surface area contributed by atoms with Crippen molar-refractivity contribution in [3.8, 4) is 0 Å². The Morgan fingerprint density at radius 2 is 2.00 bits per heavy atom. The number of hydrogen-bond acceptors (Lipinski definition) is 9. The molecule has 0 bridgehead atoms. The zero-order valence-corrected chi connectivity index (χ0v) is 11.2. The van der Waals surface area contributed by atoms with E-state index in [1.54, 1.807) is 5.32 Å². The lowest BCUT2D eigenvalue weighted by Crippen LogP contribution is -2.67. The lowest BCUT2D eigenvalue weighted by Gasteiger charge is -2.44. The third-order valence-electron chi connectivity index (χ3n) is 3.24. The molecule has 0 aromatic carbocycles. The van der Waals surface area contributed by atoms with Crippen molar-refractivity contribution in [3.05, 3.63) is 0 Å². The van der Waals surface area contributed by atoms with Gasteiger partial charge in [-0.25, -0.2) is 4.79 Å². The highest BCUT2D eigenvalue weighted by Gasteiger charge is 2.53. The van der Waals surface area contributed by atoms with Crippen LogP contribution in [0.5, 0.6) is 0 Å². The maximum atomic E-state index is 11.5. The number of aliphatic hydroxyl groups excluding tert-OH is 4. The topological polar surface area (TPSA) is 197 Å². The maximum Gasteiger partial charge on any atom is 0.364 e. The summed E-state index contributed by atoms with van der Waals surface area (Å²) in [6.45, 7) is -4.35. The first-order chi connectivity index (χ1) is 10.8. The molecule has 1 saturated heterocycles. The Hall–Kier alpha value is -1.34. The van der Waals surface area contributed by atoms with Crippen molar-refractivity contribution in [1.82, 2.24) is 5.32 Å². The van der Waals surface area contributed by atoms with Crippen LogP contribution < -0.4 is 5.32 Å². The number of carbonyl (C=O) groups is 2. The van der Waals surface area contributed by atoms with Gasteiger partial charge in [0.05, 0.1) is 21.5 Å². The first-order valence-corrected chi connectivity index (χ1v) is 6.15. The van der Waals surface area contributed by atoms with E-state index in [0.29, 0.717) is 0 Å². The van der Waals surface area contributed by atoms with Gasteiger partial charge < -0.3 is 45.8 Å². The van der Waals surface area contributed by atoms with Gasteiger partial charge in [-0.05, 0) is 0 Å². The number of hydrogen-bond donors (Lipinski definition) is 8. The molecule has 0 spiro atoms. The summed E-state index contributed by atoms with van der Waals surface area (Å²) < 4.78 is 18.5. The first kappa shape index (κ1) is 15.6. The smallest absolute Gasteiger partial charge is 0.364 e. The van der Waals surface area contributed by atoms with E-state index in [2.05, 4.69) is 0 Å². The van der Waals surface area contributed by atoms with E-state index in [-0.39, 0.29) is 0 Å². The number of nitrogens with one attached hydrogen (secondary N) is 1. The minimum absolute atomic E-state index is 0.958. The Balaban J connectivity index is 3.13. The van der Waals surface area contributed by atoms with Crippen LogP contribution in [0.1, 0.15) is 9.16 Å². The largest absolute Gasteiger partial charge is 0.477 e. The third-order valence-corrected chi connectivity index (χ3v) is 3.24. The molecule has 128 valence electrons. The lowest BCUT2D eigenvalue weighted by atomic mass is 9.88. The van der Waals surface area contributed by atoms with Crippen LogP contribution in [0.2, 0.25) is 0 Å². The molecule has 8 N–H and O–H groups in total. The van der Waals surface area contributed by atoms with Crippen LogP contribution in [-0.4, -0.2) is 97.0 Å². The molecule has 22 heavy (non-hydrogen) atoms. The highest BCUT2D eigenvalue weighted by Crippen LogP contribution is 2.30. The molecular formula is C11H19NO10. The Labute approximate surface area is 127 Å². The van der Waals surface area contributed by atoms with Gasteiger partial charge in [0.25, 0.3) is 5.79 Å². The second-order valence-corrected chi connectivity index (χ2v) is 4.80. The molecule has 6 atom stereocenters. The molecule has 0 aromatic heterocycles. The molecule has 1 aliphatic heterocycles. The van der Waals surface area contributed by atoms with Crippen LogP contribution in [0.4, 0.5) is 0 Å². The molecule has 11 nitrogen and oxygen atoms in total. The zero-order valence-electron chi connectivity index (χ0n) is 13.2. The number of rotatable bonds is 6. The fourth-order valence-electron chi connectivity index (χ4n) is 2.08. The highest BCUT2D eigenvalue weighted by molar-refractivity contribution is 5.78. The fraction of sp³-hybridized carbons (Fsp3) is 0.818. The number of amides is 1. The zero-order chi connectivity index (χ0) is 18.9. The Kier molecular flexibility index (Phi) is 5.15. The second kappa shape index (κ2) is 7.28. The number of carboxylic acid groups (broad SMARTS) is 1. The van der Waals surface area contributed by atoms with E-state index in [9.17, 15) is 30.0 Å². The minimum atomic E-state index is -3.36. The molecule has 0 saturated carbocycles. The van der Waals surface area contributed by atoms with Crippen molar-refractivity contribution in [1.29, 1.82) is 0 Å². The summed E-state index contributed by atoms with van der Waals surface area (Å²) >= 11 is 0. The average Bonchev–Trinajstić information content (AvgIpc) is 2.46. The summed E-state index contributed by atoms with van der Waals surface area (Å²) in [5.74, 6) is -6.51. The van der Waals surface area contributed by atoms with Crippen molar-refractivity contribution in [2.75, 3.05) is 13.2 Å². The van der Waals surface area contributed by atoms with Crippen LogP contribution in [0, 0.1) is 0 Å². The molecule has 1 rings (SSSR count). The molecule has 0 aromatic rings. The number of ether oxygens (including phenoxy) is 1. The quantitative estimate of drug-likeness (QED) is 0.234. The van der Waals surface area contributed by atoms with Gasteiger partial charge >= 0.3 is 5.97 Å². The van der Waals surface area contributed by atoms with Crippen LogP contribution in [0.25, 0.3) is 0 Å². The second-order valence-electron chi connectivity index (χ2n) is 4.80. The Morgan fingerprint density at radius 1 is 1.41 bits per heavy atom. The molecular weight excluding hydrogens is 306 g/mol. The van der Waals surface area contributed by atoms with Crippen LogP contribution in [-0.2, 0) is 14.3 Å². The van der Waals surface area contributed by atoms with Crippen LogP contribution in [0.3, 0.4) is 0 Å². The van der Waals surface area contributed by atoms with Crippen molar-refractivity contribution in [2.24, 2.45) is 0 Å². The van der Waals surface area contributed by atoms with Crippen LogP contribution in [0.15, 0.2) is 0 Å². The molecule has 1 amide bonds. The van der Waals surface area contributed by atoms with Gasteiger partial charge in [0.1, 0.15) is 24.9 Å². The lowest BCUT2D eigenvalue weighted by molar-refractivity contribution is -0.295. The average molecular weight is 327 g/mol. The monoisotopic (exact) mass is 327 g/mol. The van der Waals surface area contributed by atoms with Gasteiger partial charge in [0, 0.05) is 6.42 Å². The van der Waals surface area contributed by atoms with E-state index in [1.165, 1.54) is 0 Å². The standard InChI is InChI=1S/C11H19NO10/c13-2-5(16)8(18)9-7(12-6(17)3-14)4(15)1-11(21,22-9)10(19)20/h4-5,7-9,13-16,18,21H,1-3H2,(H,12,17)(H,19,20)/t4-,5+,7+,8+,9+,11-/m0/s1/i3D2. The van der Waals surface area contributed by atoms with E-state index in [0.717, 1.165) is 0 Å².